The first kappa shape index (κ1) is 57.2. The third-order valence-corrected chi connectivity index (χ3v) is 23.1. The second-order valence-corrected chi connectivity index (χ2v) is 26.9. The van der Waals surface area contributed by atoms with Crippen LogP contribution in [-0.4, -0.2) is 28.3 Å². The molecule has 388 valence electrons. The molecule has 0 aromatic heterocycles. The Kier molecular flexibility index (Phi) is 19.6. The van der Waals surface area contributed by atoms with E-state index < -0.39 is 72.7 Å². The zero-order chi connectivity index (χ0) is 54.4. The molecule has 9 aromatic carbocycles. The van der Waals surface area contributed by atoms with Crippen molar-refractivity contribution in [2.24, 2.45) is 0 Å². The maximum atomic E-state index is 12.5. The van der Waals surface area contributed by atoms with Gasteiger partial charge in [0.05, 0.1) is 50.8 Å². The van der Waals surface area contributed by atoms with E-state index in [4.69, 9.17) is 0 Å². The third-order valence-electron chi connectivity index (χ3n) is 12.4. The van der Waals surface area contributed by atoms with Crippen molar-refractivity contribution in [2.75, 3.05) is 12.5 Å². The molecular formula is C60H51BF6O5P2S2. The fourth-order valence-corrected chi connectivity index (χ4v) is 19.3. The topological polar surface area (TPSA) is 89.5 Å². The summed E-state index contributed by atoms with van der Waals surface area (Å²) in [5.41, 5.74) is -0.989. The molecular weight excluding hydrogens is 1050 g/mol. The molecule has 0 amide bonds. The van der Waals surface area contributed by atoms with E-state index in [1.807, 2.05) is 24.3 Å². The smallest absolute Gasteiger partial charge is 0.416 e. The van der Waals surface area contributed by atoms with Crippen LogP contribution in [0.1, 0.15) is 22.3 Å². The van der Waals surface area contributed by atoms with Crippen LogP contribution in [0.25, 0.3) is 0 Å². The largest absolute Gasteiger partial charge is 0.860 e. The Labute approximate surface area is 446 Å². The number of benzene rings is 9. The molecule has 2 atom stereocenters. The van der Waals surface area contributed by atoms with E-state index in [1.165, 1.54) is 43.0 Å². The number of hydrogen-bond donors (Lipinski definition) is 0. The van der Waals surface area contributed by atoms with E-state index in [1.54, 1.807) is 12.5 Å². The summed E-state index contributed by atoms with van der Waals surface area (Å²) in [5.74, 6) is -1.08. The van der Waals surface area contributed by atoms with Crippen LogP contribution in [0.3, 0.4) is 0 Å². The van der Waals surface area contributed by atoms with Crippen molar-refractivity contribution < 1.29 is 49.5 Å². The van der Waals surface area contributed by atoms with E-state index in [-0.39, 0.29) is 18.2 Å². The normalized spacial score (nSPS) is 12.4. The number of halogens is 6. The second kappa shape index (κ2) is 26.0. The average molecular weight is 1100 g/mol. The van der Waals surface area contributed by atoms with Crippen molar-refractivity contribution in [3.8, 4) is 5.75 Å². The van der Waals surface area contributed by atoms with Gasteiger partial charge in [0.1, 0.15) is 53.7 Å². The molecule has 76 heavy (non-hydrogen) atoms. The predicted octanol–water partition coefficient (Wildman–Crippen LogP) is 10.6. The van der Waals surface area contributed by atoms with Gasteiger partial charge in [-0.15, -0.1) is 0 Å². The van der Waals surface area contributed by atoms with Gasteiger partial charge in [-0.2, -0.15) is 26.3 Å². The standard InChI is InChI=1S/2C26H24OPS.C8H3BF6O3/c2*1-29(27)26-20-12-11-13-22(26)21-28(23-14-5-2-6-15-23,24-16-7-3-8-17-24)25-18-9-4-10-19-25;10-7(11,12)4-1-5(8(13,14)15)3-6(2-4)18-9(16)17/h2*2-20H,21H2,1H3;1-3H/q2*+1;-2. The third kappa shape index (κ3) is 14.1. The predicted molar refractivity (Wildman–Crippen MR) is 298 cm³/mol. The van der Waals surface area contributed by atoms with Gasteiger partial charge in [-0.1, -0.05) is 146 Å². The van der Waals surface area contributed by atoms with Crippen molar-refractivity contribution >= 4 is 75.3 Å². The van der Waals surface area contributed by atoms with E-state index in [2.05, 4.69) is 211 Å². The van der Waals surface area contributed by atoms with Gasteiger partial charge in [-0.25, -0.2) is 0 Å². The Balaban J connectivity index is 0.000000171. The Morgan fingerprint density at radius 3 is 0.855 bits per heavy atom. The Bertz CT molecular complexity index is 2900. The highest BCUT2D eigenvalue weighted by molar-refractivity contribution is 7.95. The SMILES string of the molecule is CS(=O)c1ccccc1C[P+](c1ccccc1)(c1ccccc1)c1ccccc1.CS(=O)c1ccccc1C[P+](c1ccccc1)(c1ccccc1)c1ccccc1.[O-]B([O-])Oc1cc(C(F)(F)F)cc(C(F)(F)F)c1. The van der Waals surface area contributed by atoms with Crippen molar-refractivity contribution in [3.05, 3.63) is 271 Å². The summed E-state index contributed by atoms with van der Waals surface area (Å²) in [5, 5.41) is 28.2. The van der Waals surface area contributed by atoms with Crippen LogP contribution in [0, 0.1) is 0 Å². The summed E-state index contributed by atoms with van der Waals surface area (Å²) < 4.78 is 103. The summed E-state index contributed by atoms with van der Waals surface area (Å²) >= 11 is 0. The summed E-state index contributed by atoms with van der Waals surface area (Å²) in [6, 6.07) is 81.4. The van der Waals surface area contributed by atoms with Gasteiger partial charge in [-0.3, -0.25) is 8.42 Å². The second-order valence-electron chi connectivity index (χ2n) is 17.2. The number of hydrogen-bond acceptors (Lipinski definition) is 5. The molecule has 0 radical (unpaired) electrons. The Morgan fingerprint density at radius 1 is 0.395 bits per heavy atom. The minimum Gasteiger partial charge on any atom is -0.860 e. The molecule has 0 spiro atoms. The summed E-state index contributed by atoms with van der Waals surface area (Å²) in [6.07, 6.45) is -4.87. The van der Waals surface area contributed by atoms with Gasteiger partial charge in [0.15, 0.2) is 0 Å². The van der Waals surface area contributed by atoms with E-state index >= 15 is 0 Å². The Morgan fingerprint density at radius 2 is 0.632 bits per heavy atom. The zero-order valence-electron chi connectivity index (χ0n) is 41.2. The molecule has 2 unspecified atom stereocenters. The molecule has 0 aliphatic heterocycles. The molecule has 0 N–H and O–H groups in total. The van der Waals surface area contributed by atoms with E-state index in [0.717, 1.165) is 22.1 Å². The lowest BCUT2D eigenvalue weighted by molar-refractivity contribution is -0.372. The molecule has 0 bridgehead atoms. The van der Waals surface area contributed by atoms with Crippen molar-refractivity contribution in [1.29, 1.82) is 0 Å². The average Bonchev–Trinajstić information content (AvgIpc) is 3.43. The monoisotopic (exact) mass is 1100 g/mol. The highest BCUT2D eigenvalue weighted by Crippen LogP contribution is 2.60. The Hall–Kier alpha value is -6.50. The first-order valence-corrected chi connectivity index (χ1v) is 30.7. The summed E-state index contributed by atoms with van der Waals surface area (Å²) in [6.45, 7) is 0. The lowest BCUT2D eigenvalue weighted by Crippen LogP contribution is -2.50. The molecule has 0 aliphatic rings. The lowest BCUT2D eigenvalue weighted by atomic mass is 10.1. The van der Waals surface area contributed by atoms with Gasteiger partial charge in [0.2, 0.25) is 0 Å². The number of alkyl halides is 6. The maximum Gasteiger partial charge on any atom is 0.416 e. The quantitative estimate of drug-likeness (QED) is 0.0615. The highest BCUT2D eigenvalue weighted by Gasteiger charge is 2.47. The van der Waals surface area contributed by atoms with Crippen molar-refractivity contribution in [2.45, 2.75) is 34.5 Å². The minimum absolute atomic E-state index is 0.141. The molecule has 5 nitrogen and oxygen atoms in total. The van der Waals surface area contributed by atoms with Crippen LogP contribution in [0.5, 0.6) is 5.75 Å². The van der Waals surface area contributed by atoms with Gasteiger partial charge in [0.25, 0.3) is 0 Å². The maximum absolute atomic E-state index is 12.5. The van der Waals surface area contributed by atoms with Crippen LogP contribution >= 0.6 is 14.5 Å². The number of rotatable bonds is 14. The van der Waals surface area contributed by atoms with Gasteiger partial charge >= 0.3 is 12.4 Å². The first-order chi connectivity index (χ1) is 36.4. The van der Waals surface area contributed by atoms with Gasteiger partial charge < -0.3 is 14.7 Å². The molecule has 0 saturated carbocycles. The van der Waals surface area contributed by atoms with Gasteiger partial charge in [0, 0.05) is 33.4 Å². The zero-order valence-corrected chi connectivity index (χ0v) is 44.6. The molecule has 9 aromatic rings. The minimum atomic E-state index is -5.05. The molecule has 0 heterocycles. The van der Waals surface area contributed by atoms with Crippen molar-refractivity contribution in [1.82, 2.24) is 0 Å². The summed E-state index contributed by atoms with van der Waals surface area (Å²) in [4.78, 5) is 1.86. The highest BCUT2D eigenvalue weighted by atomic mass is 32.2. The van der Waals surface area contributed by atoms with Gasteiger partial charge in [-0.05, 0) is 103 Å². The molecule has 0 saturated heterocycles. The van der Waals surface area contributed by atoms with E-state index in [9.17, 15) is 44.8 Å². The molecule has 9 rings (SSSR count). The molecule has 0 fully saturated rings. The van der Waals surface area contributed by atoms with E-state index in [0.29, 0.717) is 0 Å². The summed E-state index contributed by atoms with van der Waals surface area (Å²) in [7, 11) is -9.02. The van der Waals surface area contributed by atoms with Crippen LogP contribution in [0.4, 0.5) is 26.3 Å². The first-order valence-electron chi connectivity index (χ1n) is 23.6. The van der Waals surface area contributed by atoms with Crippen LogP contribution in [-0.2, 0) is 46.3 Å². The fraction of sp³-hybridized carbons (Fsp3) is 0.100. The van der Waals surface area contributed by atoms with Crippen molar-refractivity contribution in [3.63, 3.8) is 0 Å². The van der Waals surface area contributed by atoms with Crippen LogP contribution < -0.4 is 46.5 Å². The molecule has 16 heteroatoms. The van der Waals surface area contributed by atoms with Crippen LogP contribution in [0.15, 0.2) is 259 Å². The molecule has 0 aliphatic carbocycles. The fourth-order valence-electron chi connectivity index (χ4n) is 8.98. The van der Waals surface area contributed by atoms with Crippen LogP contribution in [0.2, 0.25) is 0 Å². The lowest BCUT2D eigenvalue weighted by Gasteiger charge is -2.28.